The normalized spacial score (nSPS) is 23.0. The Kier molecular flexibility index (Phi) is 5.06. The van der Waals surface area contributed by atoms with E-state index in [4.69, 9.17) is 0 Å². The molecule has 0 bridgehead atoms. The van der Waals surface area contributed by atoms with E-state index in [9.17, 15) is 26.0 Å². The van der Waals surface area contributed by atoms with Crippen molar-refractivity contribution in [2.24, 2.45) is 5.92 Å². The summed E-state index contributed by atoms with van der Waals surface area (Å²) in [4.78, 5) is 2.52. The van der Waals surface area contributed by atoms with Crippen LogP contribution in [0.1, 0.15) is 47.4 Å². The zero-order valence-corrected chi connectivity index (χ0v) is 17.9. The van der Waals surface area contributed by atoms with Crippen molar-refractivity contribution in [3.8, 4) is 0 Å². The fourth-order valence-corrected chi connectivity index (χ4v) is 6.15. The number of pyridine rings is 1. The molecule has 2 aromatic heterocycles. The van der Waals surface area contributed by atoms with E-state index in [0.717, 1.165) is 30.5 Å². The zero-order valence-electron chi connectivity index (χ0n) is 17.1. The molecule has 1 saturated carbocycles. The molecule has 0 spiro atoms. The van der Waals surface area contributed by atoms with Gasteiger partial charge in [0.2, 0.25) is 10.0 Å². The van der Waals surface area contributed by atoms with Crippen LogP contribution in [-0.2, 0) is 22.1 Å². The summed E-state index contributed by atoms with van der Waals surface area (Å²) in [7, 11) is -4.79. The Hall–Kier alpha value is -2.93. The summed E-state index contributed by atoms with van der Waals surface area (Å²) in [5.41, 5.74) is -2.05. The van der Waals surface area contributed by atoms with Crippen LogP contribution < -0.4 is 0 Å². The van der Waals surface area contributed by atoms with Gasteiger partial charge in [-0.15, -0.1) is 0 Å². The molecule has 2 aliphatic rings. The van der Waals surface area contributed by atoms with Crippen LogP contribution >= 0.6 is 0 Å². The van der Waals surface area contributed by atoms with Crippen LogP contribution in [0.3, 0.4) is 0 Å². The number of H-pyrrole nitrogens is 1. The third-order valence-electron chi connectivity index (χ3n) is 6.05. The number of benzene rings is 1. The van der Waals surface area contributed by atoms with Gasteiger partial charge in [-0.2, -0.15) is 31.4 Å². The zero-order chi connectivity index (χ0) is 24.5. The quantitative estimate of drug-likeness (QED) is 0.512. The molecule has 0 unspecified atom stereocenters. The molecule has 1 fully saturated rings. The predicted molar refractivity (Wildman–Crippen MR) is 105 cm³/mol. The lowest BCUT2D eigenvalue weighted by atomic mass is 9.87. The molecule has 5 rings (SSSR count). The van der Waals surface area contributed by atoms with E-state index in [2.05, 4.69) is 15.2 Å². The third-order valence-corrected chi connectivity index (χ3v) is 7.88. The molecular weight excluding hydrogens is 486 g/mol. The van der Waals surface area contributed by atoms with Crippen molar-refractivity contribution in [2.75, 3.05) is 0 Å². The Morgan fingerprint density at radius 2 is 1.71 bits per heavy atom. The number of nitrogens with zero attached hydrogens (tertiary/aromatic N) is 3. The Morgan fingerprint density at radius 3 is 2.26 bits per heavy atom. The van der Waals surface area contributed by atoms with E-state index >= 15 is 8.78 Å². The van der Waals surface area contributed by atoms with Crippen LogP contribution in [0.25, 0.3) is 0 Å². The fourth-order valence-electron chi connectivity index (χ4n) is 4.37. The van der Waals surface area contributed by atoms with Gasteiger partial charge in [-0.3, -0.25) is 10.1 Å². The second-order valence-corrected chi connectivity index (χ2v) is 10.1. The molecule has 1 aliphatic carbocycles. The van der Waals surface area contributed by atoms with Crippen LogP contribution in [0, 0.1) is 11.7 Å². The molecule has 0 radical (unpaired) electrons. The standard InChI is InChI=1S/C21H16F6N4O2S/c22-13-5-3-12(4-6-13)19-20(23,24)18-15(10-29-30-18)17(11-1-2-11)31(19)34(32,33)14-7-8-16(28-9-14)21(25,26)27/h3-11,17,19H,1-2H2,(H,29,30)/t17-,19+/m1/s1. The van der Waals surface area contributed by atoms with Gasteiger partial charge < -0.3 is 0 Å². The van der Waals surface area contributed by atoms with E-state index in [-0.39, 0.29) is 17.0 Å². The molecule has 0 saturated heterocycles. The molecule has 2 atom stereocenters. The Bertz CT molecular complexity index is 1320. The second kappa shape index (κ2) is 7.54. The lowest BCUT2D eigenvalue weighted by Crippen LogP contribution is -2.49. The second-order valence-electron chi connectivity index (χ2n) is 8.27. The topological polar surface area (TPSA) is 79.0 Å². The van der Waals surface area contributed by atoms with Gasteiger partial charge in [0, 0.05) is 11.8 Å². The first-order valence-corrected chi connectivity index (χ1v) is 11.6. The molecule has 1 aromatic carbocycles. The predicted octanol–water partition coefficient (Wildman–Crippen LogP) is 4.95. The first-order chi connectivity index (χ1) is 15.9. The first kappa shape index (κ1) is 22.8. The Morgan fingerprint density at radius 1 is 1.03 bits per heavy atom. The van der Waals surface area contributed by atoms with Gasteiger partial charge in [-0.25, -0.2) is 12.8 Å². The monoisotopic (exact) mass is 502 g/mol. The van der Waals surface area contributed by atoms with Crippen LogP contribution in [0.4, 0.5) is 26.3 Å². The van der Waals surface area contributed by atoms with E-state index in [1.165, 1.54) is 0 Å². The maximum atomic E-state index is 15.8. The van der Waals surface area contributed by atoms with Crippen LogP contribution in [0.15, 0.2) is 53.7 Å². The van der Waals surface area contributed by atoms with E-state index < -0.39 is 56.3 Å². The average molecular weight is 502 g/mol. The van der Waals surface area contributed by atoms with E-state index in [1.54, 1.807) is 0 Å². The highest BCUT2D eigenvalue weighted by atomic mass is 32.2. The summed E-state index contributed by atoms with van der Waals surface area (Å²) < 4.78 is 112. The number of sulfonamides is 1. The van der Waals surface area contributed by atoms with E-state index in [1.807, 2.05) is 0 Å². The summed E-state index contributed by atoms with van der Waals surface area (Å²) in [5.74, 6) is -4.81. The number of aromatic amines is 1. The fraction of sp³-hybridized carbons (Fsp3) is 0.333. The van der Waals surface area contributed by atoms with Gasteiger partial charge in [-0.05, 0) is 48.6 Å². The Labute approximate surface area is 189 Å². The van der Waals surface area contributed by atoms with Gasteiger partial charge in [-0.1, -0.05) is 12.1 Å². The molecule has 180 valence electrons. The number of hydrogen-bond donors (Lipinski definition) is 1. The lowest BCUT2D eigenvalue weighted by Gasteiger charge is -2.44. The smallest absolute Gasteiger partial charge is 0.276 e. The summed E-state index contributed by atoms with van der Waals surface area (Å²) in [6.07, 6.45) is -2.03. The number of alkyl halides is 5. The average Bonchev–Trinajstić information content (AvgIpc) is 3.48. The first-order valence-electron chi connectivity index (χ1n) is 10.2. The van der Waals surface area contributed by atoms with Crippen molar-refractivity contribution in [1.29, 1.82) is 0 Å². The van der Waals surface area contributed by atoms with Crippen molar-refractivity contribution in [2.45, 2.75) is 41.9 Å². The maximum Gasteiger partial charge on any atom is 0.433 e. The van der Waals surface area contributed by atoms with Gasteiger partial charge >= 0.3 is 12.1 Å². The molecule has 1 N–H and O–H groups in total. The molecule has 6 nitrogen and oxygen atoms in total. The number of fused-ring (bicyclic) bond motifs is 1. The minimum Gasteiger partial charge on any atom is -0.276 e. The van der Waals surface area contributed by atoms with Crippen molar-refractivity contribution >= 4 is 10.0 Å². The number of halogens is 6. The summed E-state index contributed by atoms with van der Waals surface area (Å²) in [6.45, 7) is 0. The van der Waals surface area contributed by atoms with Crippen LogP contribution in [0.2, 0.25) is 0 Å². The molecule has 1 aliphatic heterocycles. The van der Waals surface area contributed by atoms with Gasteiger partial charge in [0.05, 0.1) is 12.2 Å². The minimum atomic E-state index is -4.81. The molecule has 0 amide bonds. The number of aromatic nitrogens is 3. The van der Waals surface area contributed by atoms with Crippen molar-refractivity contribution < 1.29 is 34.8 Å². The van der Waals surface area contributed by atoms with E-state index in [0.29, 0.717) is 35.5 Å². The number of hydrogen-bond acceptors (Lipinski definition) is 4. The third kappa shape index (κ3) is 3.57. The SMILES string of the molecule is O=S(=O)(c1ccc(C(F)(F)F)nc1)N1[C@@H](c2ccc(F)cc2)C(F)(F)c2[nH]ncc2[C@H]1C1CC1. The van der Waals surface area contributed by atoms with Crippen LogP contribution in [-0.4, -0.2) is 27.9 Å². The maximum absolute atomic E-state index is 15.8. The highest BCUT2D eigenvalue weighted by Crippen LogP contribution is 2.59. The highest BCUT2D eigenvalue weighted by Gasteiger charge is 2.61. The largest absolute Gasteiger partial charge is 0.433 e. The highest BCUT2D eigenvalue weighted by molar-refractivity contribution is 7.89. The summed E-state index contributed by atoms with van der Waals surface area (Å²) in [6, 6.07) is 2.03. The Balaban J connectivity index is 1.71. The van der Waals surface area contributed by atoms with Gasteiger partial charge in [0.15, 0.2) is 0 Å². The molecule has 3 heterocycles. The molecule has 13 heteroatoms. The van der Waals surface area contributed by atoms with Gasteiger partial charge in [0.25, 0.3) is 0 Å². The lowest BCUT2D eigenvalue weighted by molar-refractivity contribution is -0.141. The summed E-state index contributed by atoms with van der Waals surface area (Å²) in [5, 5.41) is 5.98. The molecule has 3 aromatic rings. The van der Waals surface area contributed by atoms with Crippen molar-refractivity contribution in [3.05, 3.63) is 77.1 Å². The molecule has 34 heavy (non-hydrogen) atoms. The van der Waals surface area contributed by atoms with Crippen molar-refractivity contribution in [1.82, 2.24) is 19.5 Å². The number of nitrogens with one attached hydrogen (secondary N) is 1. The summed E-state index contributed by atoms with van der Waals surface area (Å²) >= 11 is 0. The van der Waals surface area contributed by atoms with Crippen molar-refractivity contribution in [3.63, 3.8) is 0 Å². The van der Waals surface area contributed by atoms with Crippen LogP contribution in [0.5, 0.6) is 0 Å². The molecular formula is C21H16F6N4O2S. The van der Waals surface area contributed by atoms with Gasteiger partial charge in [0.1, 0.15) is 28.1 Å². The minimum absolute atomic E-state index is 0.00527. The number of rotatable bonds is 4.